The monoisotopic (exact) mass is 430 g/mol. The smallest absolute Gasteiger partial charge is 0.0647 e. The zero-order valence-corrected chi connectivity index (χ0v) is 20.0. The lowest BCUT2D eigenvalue weighted by atomic mass is 9.60. The van der Waals surface area contributed by atoms with E-state index < -0.39 is 0 Å². The second-order valence-corrected chi connectivity index (χ2v) is 11.9. The van der Waals surface area contributed by atoms with E-state index in [-0.39, 0.29) is 17.8 Å². The Kier molecular flexibility index (Phi) is 7.35. The summed E-state index contributed by atoms with van der Waals surface area (Å²) in [4.78, 5) is 0. The second-order valence-electron chi connectivity index (χ2n) is 11.9. The quantitative estimate of drug-likeness (QED) is 0.479. The van der Waals surface area contributed by atoms with E-state index in [2.05, 4.69) is 26.0 Å². The maximum atomic E-state index is 10.7. The Balaban J connectivity index is 1.37. The van der Waals surface area contributed by atoms with Crippen molar-refractivity contribution in [2.75, 3.05) is 0 Å². The average molecular weight is 431 g/mol. The van der Waals surface area contributed by atoms with E-state index in [0.29, 0.717) is 17.8 Å². The molecular weight excluding hydrogens is 384 g/mol. The van der Waals surface area contributed by atoms with Crippen LogP contribution in [0.15, 0.2) is 23.3 Å². The van der Waals surface area contributed by atoms with Crippen LogP contribution in [0.5, 0.6) is 0 Å². The Morgan fingerprint density at radius 2 is 1.71 bits per heavy atom. The Bertz CT molecular complexity index is 662. The maximum absolute atomic E-state index is 10.7. The first-order valence-corrected chi connectivity index (χ1v) is 13.3. The molecule has 3 heteroatoms. The molecule has 0 spiro atoms. The lowest BCUT2D eigenvalue weighted by Gasteiger charge is -2.44. The van der Waals surface area contributed by atoms with Gasteiger partial charge in [-0.25, -0.2) is 0 Å². The van der Waals surface area contributed by atoms with Crippen LogP contribution in [0.1, 0.15) is 110 Å². The third-order valence-corrected chi connectivity index (χ3v) is 9.63. The van der Waals surface area contributed by atoms with Crippen LogP contribution in [0.4, 0.5) is 0 Å². The fourth-order valence-electron chi connectivity index (χ4n) is 7.98. The number of hydrogen-bond acceptors (Lipinski definition) is 3. The predicted octanol–water partition coefficient (Wildman–Crippen LogP) is 6.07. The Labute approximate surface area is 190 Å². The summed E-state index contributed by atoms with van der Waals surface area (Å²) in [7, 11) is 0. The first-order chi connectivity index (χ1) is 14.8. The van der Waals surface area contributed by atoms with E-state index in [0.717, 1.165) is 43.9 Å². The van der Waals surface area contributed by atoms with Crippen molar-refractivity contribution in [2.24, 2.45) is 23.2 Å². The molecule has 0 radical (unpaired) electrons. The maximum Gasteiger partial charge on any atom is 0.0647 e. The van der Waals surface area contributed by atoms with Crippen LogP contribution in [0, 0.1) is 23.2 Å². The summed E-state index contributed by atoms with van der Waals surface area (Å²) in [6, 6.07) is 0. The molecule has 6 atom stereocenters. The van der Waals surface area contributed by atoms with Crippen LogP contribution in [0.3, 0.4) is 0 Å². The van der Waals surface area contributed by atoms with Crippen molar-refractivity contribution in [2.45, 2.75) is 128 Å². The Hall–Kier alpha value is -0.640. The molecule has 3 N–H and O–H groups in total. The molecule has 0 aliphatic heterocycles. The van der Waals surface area contributed by atoms with Gasteiger partial charge < -0.3 is 15.3 Å². The fourth-order valence-corrected chi connectivity index (χ4v) is 7.98. The summed E-state index contributed by atoms with van der Waals surface area (Å²) in [5.74, 6) is 2.23. The summed E-state index contributed by atoms with van der Waals surface area (Å²) in [5.41, 5.74) is 2.89. The minimum absolute atomic E-state index is 0.351. The normalized spacial score (nSPS) is 40.2. The molecule has 2 unspecified atom stereocenters. The average Bonchev–Trinajstić information content (AvgIpc) is 3.29. The number of allylic oxidation sites excluding steroid dienone is 3. The molecule has 0 aromatic carbocycles. The highest BCUT2D eigenvalue weighted by Crippen LogP contribution is 2.60. The summed E-state index contributed by atoms with van der Waals surface area (Å²) >= 11 is 0. The molecule has 0 saturated heterocycles. The van der Waals surface area contributed by atoms with Gasteiger partial charge >= 0.3 is 0 Å². The van der Waals surface area contributed by atoms with Gasteiger partial charge in [-0.15, -0.1) is 0 Å². The molecule has 4 aliphatic carbocycles. The molecule has 31 heavy (non-hydrogen) atoms. The minimum atomic E-state index is -0.385. The van der Waals surface area contributed by atoms with E-state index >= 15 is 0 Å². The van der Waals surface area contributed by atoms with Gasteiger partial charge in [0, 0.05) is 0 Å². The molecule has 0 bridgehead atoms. The lowest BCUT2D eigenvalue weighted by molar-refractivity contribution is 0.0318. The van der Waals surface area contributed by atoms with Crippen molar-refractivity contribution in [1.29, 1.82) is 0 Å². The first kappa shape index (κ1) is 23.5. The molecule has 4 rings (SSSR count). The van der Waals surface area contributed by atoms with E-state index in [1.807, 2.05) is 0 Å². The van der Waals surface area contributed by atoms with Crippen LogP contribution >= 0.6 is 0 Å². The number of aliphatic hydroxyl groups is 3. The molecule has 0 aromatic rings. The van der Waals surface area contributed by atoms with Crippen LogP contribution in [0.2, 0.25) is 0 Å². The highest BCUT2D eigenvalue weighted by molar-refractivity contribution is 5.26. The molecule has 0 amide bonds. The van der Waals surface area contributed by atoms with Crippen molar-refractivity contribution in [3.8, 4) is 0 Å². The zero-order chi connectivity index (χ0) is 22.1. The van der Waals surface area contributed by atoms with Crippen LogP contribution in [-0.4, -0.2) is 33.1 Å². The summed E-state index contributed by atoms with van der Waals surface area (Å²) in [6.07, 6.45) is 20.2. The molecule has 4 saturated carbocycles. The first-order valence-electron chi connectivity index (χ1n) is 13.3. The molecule has 3 nitrogen and oxygen atoms in total. The van der Waals surface area contributed by atoms with Crippen LogP contribution in [0.25, 0.3) is 0 Å². The molecule has 4 aliphatic rings. The van der Waals surface area contributed by atoms with Gasteiger partial charge in [0.05, 0.1) is 17.8 Å². The third-order valence-electron chi connectivity index (χ3n) is 9.63. The summed E-state index contributed by atoms with van der Waals surface area (Å²) < 4.78 is 0. The molecular formula is C28H46O3. The van der Waals surface area contributed by atoms with Gasteiger partial charge in [0.1, 0.15) is 0 Å². The summed E-state index contributed by atoms with van der Waals surface area (Å²) in [5, 5.41) is 30.7. The van der Waals surface area contributed by atoms with Crippen LogP contribution < -0.4 is 0 Å². The number of fused-ring (bicyclic) bond motifs is 1. The van der Waals surface area contributed by atoms with Crippen molar-refractivity contribution < 1.29 is 15.3 Å². The van der Waals surface area contributed by atoms with Gasteiger partial charge in [0.25, 0.3) is 0 Å². The van der Waals surface area contributed by atoms with Crippen molar-refractivity contribution in [3.05, 3.63) is 23.3 Å². The van der Waals surface area contributed by atoms with Crippen LogP contribution in [-0.2, 0) is 0 Å². The second kappa shape index (κ2) is 9.69. The number of rotatable bonds is 6. The van der Waals surface area contributed by atoms with Gasteiger partial charge in [0.15, 0.2) is 0 Å². The van der Waals surface area contributed by atoms with Crippen molar-refractivity contribution in [3.63, 3.8) is 0 Å². The molecule has 176 valence electrons. The van der Waals surface area contributed by atoms with Gasteiger partial charge in [-0.05, 0) is 93.8 Å². The van der Waals surface area contributed by atoms with Crippen molar-refractivity contribution >= 4 is 0 Å². The van der Waals surface area contributed by atoms with Gasteiger partial charge in [-0.1, -0.05) is 62.8 Å². The van der Waals surface area contributed by atoms with Gasteiger partial charge in [-0.3, -0.25) is 0 Å². The molecule has 4 fully saturated rings. The standard InChI is InChI=1S/C28H46O3/c1-20(7-5-16-28(31)14-3-4-15-28)25-11-12-26-22(8-6-13-27(25,26)2)10-9-21-17-23(29)19-24(30)18-21/h9-10,20,23-26,29-31H,3-8,11-19H2,1-2H3/b22-10+/t20-,23+,24+,25?,26?,27+/m0/s1. The highest BCUT2D eigenvalue weighted by atomic mass is 16.3. The minimum Gasteiger partial charge on any atom is -0.393 e. The number of hydrogen-bond donors (Lipinski definition) is 3. The van der Waals surface area contributed by atoms with E-state index in [4.69, 9.17) is 0 Å². The zero-order valence-electron chi connectivity index (χ0n) is 20.0. The summed E-state index contributed by atoms with van der Waals surface area (Å²) in [6.45, 7) is 5.03. The number of aliphatic hydroxyl groups excluding tert-OH is 2. The highest BCUT2D eigenvalue weighted by Gasteiger charge is 2.50. The SMILES string of the molecule is C[C@@H](CCCC1(O)CCCC1)C1CCC2/C(=C/C=C3C[C@@H](O)C[C@H](O)C3)CCC[C@@]21C. The third kappa shape index (κ3) is 5.31. The van der Waals surface area contributed by atoms with E-state index in [1.54, 1.807) is 5.57 Å². The molecule has 0 aromatic heterocycles. The Morgan fingerprint density at radius 1 is 1.00 bits per heavy atom. The topological polar surface area (TPSA) is 60.7 Å². The fraction of sp³-hybridized carbons (Fsp3) is 0.857. The largest absolute Gasteiger partial charge is 0.393 e. The van der Waals surface area contributed by atoms with Gasteiger partial charge in [0.2, 0.25) is 0 Å². The van der Waals surface area contributed by atoms with Gasteiger partial charge in [-0.2, -0.15) is 0 Å². The van der Waals surface area contributed by atoms with Crippen molar-refractivity contribution in [1.82, 2.24) is 0 Å². The Morgan fingerprint density at radius 3 is 2.42 bits per heavy atom. The lowest BCUT2D eigenvalue weighted by Crippen LogP contribution is -2.36. The molecule has 0 heterocycles. The van der Waals surface area contributed by atoms with E-state index in [1.165, 1.54) is 63.4 Å². The predicted molar refractivity (Wildman–Crippen MR) is 127 cm³/mol. The van der Waals surface area contributed by atoms with E-state index in [9.17, 15) is 15.3 Å².